The van der Waals surface area contributed by atoms with E-state index in [1.165, 1.54) is 35.4 Å². The monoisotopic (exact) mass is 380 g/mol. The van der Waals surface area contributed by atoms with Crippen molar-refractivity contribution in [1.29, 1.82) is 0 Å². The first kappa shape index (κ1) is 19.0. The molecule has 0 bridgehead atoms. The molecule has 0 unspecified atom stereocenters. The number of furan rings is 1. The van der Waals surface area contributed by atoms with Gasteiger partial charge in [-0.05, 0) is 35.9 Å². The highest BCUT2D eigenvalue weighted by Crippen LogP contribution is 2.21. The molecule has 0 radical (unpaired) electrons. The summed E-state index contributed by atoms with van der Waals surface area (Å²) in [7, 11) is 0. The Bertz CT molecular complexity index is 982. The van der Waals surface area contributed by atoms with Crippen molar-refractivity contribution < 1.29 is 18.5 Å². The lowest BCUT2D eigenvalue weighted by molar-refractivity contribution is -0.385. The second-order valence-corrected chi connectivity index (χ2v) is 6.04. The zero-order valence-electron chi connectivity index (χ0n) is 14.8. The number of hydrogen-bond acceptors (Lipinski definition) is 4. The number of carbonyl (C=O) groups is 1. The Kier molecular flexibility index (Phi) is 5.96. The van der Waals surface area contributed by atoms with E-state index in [0.29, 0.717) is 16.9 Å². The zero-order chi connectivity index (χ0) is 19.9. The van der Waals surface area contributed by atoms with Crippen LogP contribution < -0.4 is 0 Å². The van der Waals surface area contributed by atoms with Crippen molar-refractivity contribution in [2.75, 3.05) is 0 Å². The third-order valence-electron chi connectivity index (χ3n) is 4.08. The molecule has 0 aliphatic rings. The van der Waals surface area contributed by atoms with Gasteiger partial charge in [-0.2, -0.15) is 0 Å². The topological polar surface area (TPSA) is 76.6 Å². The van der Waals surface area contributed by atoms with Gasteiger partial charge in [-0.15, -0.1) is 0 Å². The third-order valence-corrected chi connectivity index (χ3v) is 4.08. The predicted molar refractivity (Wildman–Crippen MR) is 101 cm³/mol. The highest BCUT2D eigenvalue weighted by Gasteiger charge is 2.19. The lowest BCUT2D eigenvalue weighted by Crippen LogP contribution is -2.28. The van der Waals surface area contributed by atoms with Crippen molar-refractivity contribution in [3.05, 3.63) is 106 Å². The summed E-state index contributed by atoms with van der Waals surface area (Å²) in [4.78, 5) is 25.0. The van der Waals surface area contributed by atoms with Gasteiger partial charge in [-0.25, -0.2) is 4.39 Å². The van der Waals surface area contributed by atoms with Crippen LogP contribution in [0.2, 0.25) is 0 Å². The summed E-state index contributed by atoms with van der Waals surface area (Å²) in [6, 6.07) is 15.4. The molecule has 0 atom stereocenters. The number of benzene rings is 2. The van der Waals surface area contributed by atoms with Crippen molar-refractivity contribution >= 4 is 17.7 Å². The quantitative estimate of drug-likeness (QED) is 0.342. The molecule has 142 valence electrons. The van der Waals surface area contributed by atoms with E-state index in [0.717, 1.165) is 0 Å². The van der Waals surface area contributed by atoms with Crippen LogP contribution in [0.4, 0.5) is 10.1 Å². The van der Waals surface area contributed by atoms with Crippen LogP contribution in [0.25, 0.3) is 6.08 Å². The maximum absolute atomic E-state index is 13.0. The normalized spacial score (nSPS) is 10.9. The van der Waals surface area contributed by atoms with Gasteiger partial charge >= 0.3 is 0 Å². The fourth-order valence-electron chi connectivity index (χ4n) is 2.68. The van der Waals surface area contributed by atoms with Crippen LogP contribution in [0.1, 0.15) is 16.9 Å². The van der Waals surface area contributed by atoms with Crippen molar-refractivity contribution in [1.82, 2.24) is 4.90 Å². The van der Waals surface area contributed by atoms with Crippen LogP contribution in [0.3, 0.4) is 0 Å². The summed E-state index contributed by atoms with van der Waals surface area (Å²) in [6.07, 6.45) is 4.42. The Labute approximate surface area is 160 Å². The molecule has 3 aromatic rings. The second kappa shape index (κ2) is 8.77. The number of nitro groups is 1. The maximum atomic E-state index is 13.0. The Hall–Kier alpha value is -3.74. The molecular weight excluding hydrogens is 363 g/mol. The molecular formula is C21H17FN2O4. The lowest BCUT2D eigenvalue weighted by atomic mass is 10.1. The Balaban J connectivity index is 1.83. The number of hydrogen-bond donors (Lipinski definition) is 0. The average Bonchev–Trinajstić information content (AvgIpc) is 3.20. The van der Waals surface area contributed by atoms with Crippen LogP contribution in [0, 0.1) is 15.9 Å². The van der Waals surface area contributed by atoms with Crippen molar-refractivity contribution in [3.8, 4) is 0 Å². The zero-order valence-corrected chi connectivity index (χ0v) is 14.8. The van der Waals surface area contributed by atoms with E-state index in [1.807, 2.05) is 0 Å². The molecule has 2 aromatic carbocycles. The third kappa shape index (κ3) is 4.91. The molecule has 6 nitrogen and oxygen atoms in total. The van der Waals surface area contributed by atoms with E-state index < -0.39 is 4.92 Å². The first-order chi connectivity index (χ1) is 13.5. The van der Waals surface area contributed by atoms with Crippen molar-refractivity contribution in [2.24, 2.45) is 0 Å². The smallest absolute Gasteiger partial charge is 0.274 e. The molecule has 0 fully saturated rings. The van der Waals surface area contributed by atoms with Gasteiger partial charge in [0, 0.05) is 17.7 Å². The van der Waals surface area contributed by atoms with Gasteiger partial charge in [-0.3, -0.25) is 14.9 Å². The number of rotatable bonds is 7. The Morgan fingerprint density at radius 2 is 1.82 bits per heavy atom. The number of nitrogens with zero attached hydrogens (tertiary/aromatic N) is 2. The van der Waals surface area contributed by atoms with Gasteiger partial charge in [0.1, 0.15) is 11.6 Å². The molecule has 3 rings (SSSR count). The Morgan fingerprint density at radius 3 is 2.50 bits per heavy atom. The van der Waals surface area contributed by atoms with Gasteiger partial charge in [0.15, 0.2) is 0 Å². The Morgan fingerprint density at radius 1 is 1.07 bits per heavy atom. The standard InChI is InChI=1S/C21H17FN2O4/c22-18-10-7-16(8-11-18)9-12-21(25)23(15-19-5-3-13-28-19)14-17-4-1-2-6-20(17)24(26)27/h1-13H,14-15H2/b12-9+. The summed E-state index contributed by atoms with van der Waals surface area (Å²) in [5.74, 6) is -0.152. The fourth-order valence-corrected chi connectivity index (χ4v) is 2.68. The van der Waals surface area contributed by atoms with E-state index in [4.69, 9.17) is 4.42 Å². The van der Waals surface area contributed by atoms with Gasteiger partial charge in [-0.1, -0.05) is 30.3 Å². The summed E-state index contributed by atoms with van der Waals surface area (Å²) >= 11 is 0. The van der Waals surface area contributed by atoms with Crippen molar-refractivity contribution in [3.63, 3.8) is 0 Å². The van der Waals surface area contributed by atoms with Crippen molar-refractivity contribution in [2.45, 2.75) is 13.1 Å². The molecule has 1 amide bonds. The molecule has 0 saturated heterocycles. The molecule has 28 heavy (non-hydrogen) atoms. The minimum absolute atomic E-state index is 0.0461. The van der Waals surface area contributed by atoms with Gasteiger partial charge < -0.3 is 9.32 Å². The summed E-state index contributed by atoms with van der Waals surface area (Å²) < 4.78 is 18.3. The minimum Gasteiger partial charge on any atom is -0.467 e. The molecule has 1 aromatic heterocycles. The van der Waals surface area contributed by atoms with Gasteiger partial charge in [0.05, 0.1) is 24.3 Å². The number of halogens is 1. The SMILES string of the molecule is O=C(/C=C/c1ccc(F)cc1)N(Cc1ccco1)Cc1ccccc1[N+](=O)[O-]. The first-order valence-electron chi connectivity index (χ1n) is 8.50. The molecule has 0 N–H and O–H groups in total. The summed E-state index contributed by atoms with van der Waals surface area (Å²) in [6.45, 7) is 0.204. The number of carbonyl (C=O) groups excluding carboxylic acids is 1. The highest BCUT2D eigenvalue weighted by molar-refractivity contribution is 5.91. The molecule has 0 aliphatic heterocycles. The summed E-state index contributed by atoms with van der Waals surface area (Å²) in [5, 5.41) is 11.3. The fraction of sp³-hybridized carbons (Fsp3) is 0.0952. The average molecular weight is 380 g/mol. The molecule has 1 heterocycles. The van der Waals surface area contributed by atoms with Crippen LogP contribution in [-0.2, 0) is 17.9 Å². The lowest BCUT2D eigenvalue weighted by Gasteiger charge is -2.20. The summed E-state index contributed by atoms with van der Waals surface area (Å²) in [5.41, 5.74) is 1.03. The number of nitro benzene ring substituents is 1. The molecule has 0 aliphatic carbocycles. The minimum atomic E-state index is -0.473. The largest absolute Gasteiger partial charge is 0.467 e. The van der Waals surface area contributed by atoms with Crippen LogP contribution in [-0.4, -0.2) is 15.7 Å². The maximum Gasteiger partial charge on any atom is 0.274 e. The van der Waals surface area contributed by atoms with Gasteiger partial charge in [0.25, 0.3) is 5.69 Å². The van der Waals surface area contributed by atoms with Crippen LogP contribution in [0.5, 0.6) is 0 Å². The number of amides is 1. The van der Waals surface area contributed by atoms with E-state index in [1.54, 1.807) is 48.5 Å². The van der Waals surface area contributed by atoms with E-state index >= 15 is 0 Å². The predicted octanol–water partition coefficient (Wildman–Crippen LogP) is 4.57. The van der Waals surface area contributed by atoms with E-state index in [9.17, 15) is 19.3 Å². The number of para-hydroxylation sites is 1. The second-order valence-electron chi connectivity index (χ2n) is 6.04. The molecule has 7 heteroatoms. The van der Waals surface area contributed by atoms with Crippen LogP contribution >= 0.6 is 0 Å². The van der Waals surface area contributed by atoms with Crippen LogP contribution in [0.15, 0.2) is 77.4 Å². The van der Waals surface area contributed by atoms with Gasteiger partial charge in [0.2, 0.25) is 5.91 Å². The first-order valence-corrected chi connectivity index (χ1v) is 8.50. The highest BCUT2D eigenvalue weighted by atomic mass is 19.1. The van der Waals surface area contributed by atoms with E-state index in [2.05, 4.69) is 0 Å². The van der Waals surface area contributed by atoms with E-state index in [-0.39, 0.29) is 30.5 Å². The molecule has 0 saturated carbocycles. The molecule has 0 spiro atoms.